The van der Waals surface area contributed by atoms with Gasteiger partial charge in [0.2, 0.25) is 0 Å². The molecule has 1 aliphatic rings. The van der Waals surface area contributed by atoms with Crippen LogP contribution in [-0.2, 0) is 0 Å². The SMILES string of the molecule is [CH]1CCCCCCC[CH]CCCCCCCC1. The monoisotopic (exact) mass is 236 g/mol. The molecule has 0 bridgehead atoms. The molecule has 1 fully saturated rings. The van der Waals surface area contributed by atoms with Gasteiger partial charge in [-0.25, -0.2) is 0 Å². The first-order chi connectivity index (χ1) is 8.50. The molecule has 0 aromatic heterocycles. The lowest BCUT2D eigenvalue weighted by Gasteiger charge is -2.02. The fourth-order valence-electron chi connectivity index (χ4n) is 2.68. The van der Waals surface area contributed by atoms with Crippen molar-refractivity contribution >= 4 is 0 Å². The van der Waals surface area contributed by atoms with Gasteiger partial charge in [-0.2, -0.15) is 0 Å². The molecule has 0 unspecified atom stereocenters. The van der Waals surface area contributed by atoms with Gasteiger partial charge in [0.05, 0.1) is 0 Å². The minimum absolute atomic E-state index is 1.37. The molecule has 1 saturated carbocycles. The minimum Gasteiger partial charge on any atom is -0.0533 e. The first kappa shape index (κ1) is 15.1. The van der Waals surface area contributed by atoms with Crippen LogP contribution in [0.25, 0.3) is 0 Å². The van der Waals surface area contributed by atoms with E-state index < -0.39 is 0 Å². The van der Waals surface area contributed by atoms with Crippen molar-refractivity contribution in [3.8, 4) is 0 Å². The topological polar surface area (TPSA) is 0 Å². The molecule has 0 atom stereocenters. The third-order valence-corrected chi connectivity index (χ3v) is 3.88. The highest BCUT2D eigenvalue weighted by Crippen LogP contribution is 2.15. The molecule has 0 nitrogen and oxygen atoms in total. The summed E-state index contributed by atoms with van der Waals surface area (Å²) in [5.41, 5.74) is 0. The Morgan fingerprint density at radius 2 is 0.529 bits per heavy atom. The van der Waals surface area contributed by atoms with E-state index in [4.69, 9.17) is 0 Å². The molecule has 0 amide bonds. The lowest BCUT2D eigenvalue weighted by atomic mass is 10.0. The van der Waals surface area contributed by atoms with Crippen molar-refractivity contribution < 1.29 is 0 Å². The van der Waals surface area contributed by atoms with Gasteiger partial charge in [-0.15, -0.1) is 0 Å². The van der Waals surface area contributed by atoms with Gasteiger partial charge in [0, 0.05) is 0 Å². The van der Waals surface area contributed by atoms with Crippen molar-refractivity contribution in [1.29, 1.82) is 0 Å². The van der Waals surface area contributed by atoms with Crippen LogP contribution in [0, 0.1) is 12.8 Å². The fourth-order valence-corrected chi connectivity index (χ4v) is 2.68. The van der Waals surface area contributed by atoms with Crippen LogP contribution < -0.4 is 0 Å². The third-order valence-electron chi connectivity index (χ3n) is 3.88. The first-order valence-electron chi connectivity index (χ1n) is 8.13. The summed E-state index contributed by atoms with van der Waals surface area (Å²) in [7, 11) is 0. The summed E-state index contributed by atoms with van der Waals surface area (Å²) in [5.74, 6) is 0. The molecule has 0 saturated heterocycles. The Morgan fingerprint density at radius 1 is 0.294 bits per heavy atom. The quantitative estimate of drug-likeness (QED) is 0.465. The summed E-state index contributed by atoms with van der Waals surface area (Å²) in [6.45, 7) is 0. The Kier molecular flexibility index (Phi) is 11.0. The van der Waals surface area contributed by atoms with Crippen molar-refractivity contribution in [3.05, 3.63) is 12.8 Å². The molecule has 0 aliphatic heterocycles. The second-order valence-corrected chi connectivity index (χ2v) is 5.62. The van der Waals surface area contributed by atoms with Gasteiger partial charge in [-0.3, -0.25) is 0 Å². The lowest BCUT2D eigenvalue weighted by Crippen LogP contribution is -1.83. The van der Waals surface area contributed by atoms with Crippen molar-refractivity contribution in [1.82, 2.24) is 0 Å². The second kappa shape index (κ2) is 12.5. The smallest absolute Gasteiger partial charge is 0.0386 e. The Bertz CT molecular complexity index is 69.5. The average molecular weight is 236 g/mol. The van der Waals surface area contributed by atoms with E-state index in [0.29, 0.717) is 0 Å². The normalized spacial score (nSPS) is 24.0. The predicted molar refractivity (Wildman–Crippen MR) is 77.9 cm³/mol. The molecule has 0 N–H and O–H groups in total. The van der Waals surface area contributed by atoms with Crippen molar-refractivity contribution in [2.75, 3.05) is 0 Å². The fraction of sp³-hybridized carbons (Fsp3) is 0.882. The average Bonchev–Trinajstić information content (AvgIpc) is 2.35. The van der Waals surface area contributed by atoms with Gasteiger partial charge < -0.3 is 0 Å². The molecule has 0 heterocycles. The maximum atomic E-state index is 2.53. The van der Waals surface area contributed by atoms with Gasteiger partial charge in [0.15, 0.2) is 0 Å². The Hall–Kier alpha value is 0. The van der Waals surface area contributed by atoms with E-state index >= 15 is 0 Å². The molecule has 2 radical (unpaired) electrons. The van der Waals surface area contributed by atoms with Crippen LogP contribution in [-0.4, -0.2) is 0 Å². The van der Waals surface area contributed by atoms with Crippen LogP contribution in [0.2, 0.25) is 0 Å². The number of rotatable bonds is 0. The summed E-state index contributed by atoms with van der Waals surface area (Å²) < 4.78 is 0. The summed E-state index contributed by atoms with van der Waals surface area (Å²) in [4.78, 5) is 0. The highest BCUT2D eigenvalue weighted by molar-refractivity contribution is 4.67. The van der Waals surface area contributed by atoms with E-state index in [0.717, 1.165) is 0 Å². The zero-order valence-corrected chi connectivity index (χ0v) is 11.8. The molecular weight excluding hydrogens is 204 g/mol. The van der Waals surface area contributed by atoms with Crippen molar-refractivity contribution in [3.63, 3.8) is 0 Å². The highest BCUT2D eigenvalue weighted by atomic mass is 14.0. The second-order valence-electron chi connectivity index (χ2n) is 5.62. The van der Waals surface area contributed by atoms with Crippen molar-refractivity contribution in [2.24, 2.45) is 0 Å². The molecule has 100 valence electrons. The van der Waals surface area contributed by atoms with E-state index in [1.165, 1.54) is 96.3 Å². The minimum atomic E-state index is 1.37. The number of hydrogen-bond acceptors (Lipinski definition) is 0. The molecule has 0 aromatic carbocycles. The molecule has 0 heteroatoms. The summed E-state index contributed by atoms with van der Waals surface area (Å²) >= 11 is 0. The molecule has 0 spiro atoms. The van der Waals surface area contributed by atoms with E-state index in [1.807, 2.05) is 0 Å². The van der Waals surface area contributed by atoms with Crippen LogP contribution >= 0.6 is 0 Å². The largest absolute Gasteiger partial charge is 0.0533 e. The maximum absolute atomic E-state index is 2.53. The van der Waals surface area contributed by atoms with Crippen molar-refractivity contribution in [2.45, 2.75) is 96.3 Å². The maximum Gasteiger partial charge on any atom is -0.0386 e. The third kappa shape index (κ3) is 10.9. The standard InChI is InChI=1S/C17H32/c1-2-4-6-8-10-12-14-16-17-15-13-11-9-7-5-3-1/h1,16H,2-15,17H2. The van der Waals surface area contributed by atoms with Crippen LogP contribution in [0.5, 0.6) is 0 Å². The Labute approximate surface area is 110 Å². The van der Waals surface area contributed by atoms with Gasteiger partial charge in [-0.1, -0.05) is 96.3 Å². The summed E-state index contributed by atoms with van der Waals surface area (Å²) in [6, 6.07) is 0. The molecule has 0 aromatic rings. The van der Waals surface area contributed by atoms with E-state index in [2.05, 4.69) is 12.8 Å². The van der Waals surface area contributed by atoms with Crippen LogP contribution in [0.15, 0.2) is 0 Å². The van der Waals surface area contributed by atoms with Gasteiger partial charge in [-0.05, 0) is 12.8 Å². The first-order valence-corrected chi connectivity index (χ1v) is 8.13. The summed E-state index contributed by atoms with van der Waals surface area (Å²) in [5, 5.41) is 0. The van der Waals surface area contributed by atoms with E-state index in [1.54, 1.807) is 0 Å². The van der Waals surface area contributed by atoms with Crippen LogP contribution in [0.4, 0.5) is 0 Å². The summed E-state index contributed by atoms with van der Waals surface area (Å²) in [6.07, 6.45) is 26.5. The lowest BCUT2D eigenvalue weighted by molar-refractivity contribution is 0.582. The molecular formula is C17H32. The van der Waals surface area contributed by atoms with E-state index in [9.17, 15) is 0 Å². The van der Waals surface area contributed by atoms with Crippen LogP contribution in [0.1, 0.15) is 96.3 Å². The molecule has 1 aliphatic carbocycles. The molecule has 17 heavy (non-hydrogen) atoms. The Morgan fingerprint density at radius 3 is 0.824 bits per heavy atom. The highest BCUT2D eigenvalue weighted by Gasteiger charge is 1.96. The van der Waals surface area contributed by atoms with Gasteiger partial charge in [0.1, 0.15) is 0 Å². The molecule has 1 rings (SSSR count). The predicted octanol–water partition coefficient (Wildman–Crippen LogP) is 6.26. The Balaban J connectivity index is 2.01. The van der Waals surface area contributed by atoms with Gasteiger partial charge in [0.25, 0.3) is 0 Å². The zero-order chi connectivity index (χ0) is 12.0. The number of hydrogen-bond donors (Lipinski definition) is 0. The van der Waals surface area contributed by atoms with Gasteiger partial charge >= 0.3 is 0 Å². The zero-order valence-electron chi connectivity index (χ0n) is 11.8. The van der Waals surface area contributed by atoms with Crippen LogP contribution in [0.3, 0.4) is 0 Å². The van der Waals surface area contributed by atoms with E-state index in [-0.39, 0.29) is 0 Å².